The van der Waals surface area contributed by atoms with Crippen LogP contribution < -0.4 is 4.74 Å². The molecule has 1 heterocycles. The summed E-state index contributed by atoms with van der Waals surface area (Å²) in [6.45, 7) is 0.303. The van der Waals surface area contributed by atoms with E-state index in [1.54, 1.807) is 18.2 Å². The van der Waals surface area contributed by atoms with Crippen molar-refractivity contribution in [3.8, 4) is 5.75 Å². The first-order valence-corrected chi connectivity index (χ1v) is 9.60. The van der Waals surface area contributed by atoms with Gasteiger partial charge < -0.3 is 9.57 Å². The first-order valence-electron chi connectivity index (χ1n) is 8.84. The summed E-state index contributed by atoms with van der Waals surface area (Å²) in [5.74, 6) is 0.0266. The molecule has 0 spiro atoms. The minimum atomic E-state index is -0.501. The van der Waals surface area contributed by atoms with Crippen LogP contribution in [-0.2, 0) is 16.2 Å². The molecular formula is C23H15Cl2NO3. The fourth-order valence-corrected chi connectivity index (χ4v) is 3.31. The van der Waals surface area contributed by atoms with Gasteiger partial charge in [-0.2, -0.15) is 0 Å². The van der Waals surface area contributed by atoms with Gasteiger partial charge in [-0.15, -0.1) is 0 Å². The molecule has 0 saturated carbocycles. The highest BCUT2D eigenvalue weighted by Crippen LogP contribution is 2.29. The number of nitrogens with zero attached hydrogens (tertiary/aromatic N) is 1. The Morgan fingerprint density at radius 3 is 2.45 bits per heavy atom. The van der Waals surface area contributed by atoms with E-state index in [0.29, 0.717) is 33.7 Å². The quantitative estimate of drug-likeness (QED) is 0.378. The zero-order valence-electron chi connectivity index (χ0n) is 15.1. The van der Waals surface area contributed by atoms with Crippen LogP contribution in [0.15, 0.2) is 83.5 Å². The molecule has 0 unspecified atom stereocenters. The van der Waals surface area contributed by atoms with Crippen LogP contribution in [0.25, 0.3) is 6.08 Å². The molecule has 29 heavy (non-hydrogen) atoms. The molecule has 4 rings (SSSR count). The summed E-state index contributed by atoms with van der Waals surface area (Å²) in [6, 6.07) is 22.1. The molecule has 0 bridgehead atoms. The molecule has 0 aromatic heterocycles. The molecule has 0 saturated heterocycles. The molecule has 4 nitrogen and oxygen atoms in total. The second kappa shape index (κ2) is 8.52. The number of oxime groups is 1. The number of halogens is 2. The van der Waals surface area contributed by atoms with Crippen molar-refractivity contribution in [2.75, 3.05) is 0 Å². The lowest BCUT2D eigenvalue weighted by atomic mass is 10.0. The summed E-state index contributed by atoms with van der Waals surface area (Å²) in [7, 11) is 0. The molecule has 0 atom stereocenters. The number of ether oxygens (including phenoxy) is 1. The first-order chi connectivity index (χ1) is 14.1. The Balaban J connectivity index is 1.55. The minimum Gasteiger partial charge on any atom is -0.487 e. The lowest BCUT2D eigenvalue weighted by Crippen LogP contribution is -2.06. The third-order valence-corrected chi connectivity index (χ3v) is 5.01. The Morgan fingerprint density at radius 1 is 0.931 bits per heavy atom. The fraction of sp³-hybridized carbons (Fsp3) is 0.0435. The van der Waals surface area contributed by atoms with Crippen LogP contribution in [0.3, 0.4) is 0 Å². The van der Waals surface area contributed by atoms with Crippen molar-refractivity contribution in [3.05, 3.63) is 105 Å². The molecular weight excluding hydrogens is 409 g/mol. The molecule has 1 aliphatic rings. The number of rotatable bonds is 5. The van der Waals surface area contributed by atoms with E-state index >= 15 is 0 Å². The molecule has 0 fully saturated rings. The van der Waals surface area contributed by atoms with E-state index in [2.05, 4.69) is 5.16 Å². The van der Waals surface area contributed by atoms with Crippen LogP contribution in [0.5, 0.6) is 5.75 Å². The lowest BCUT2D eigenvalue weighted by molar-refractivity contribution is -0.136. The van der Waals surface area contributed by atoms with E-state index in [4.69, 9.17) is 32.8 Å². The van der Waals surface area contributed by atoms with Crippen LogP contribution >= 0.6 is 23.2 Å². The largest absolute Gasteiger partial charge is 0.487 e. The summed E-state index contributed by atoms with van der Waals surface area (Å²) in [5.41, 5.74) is 3.27. The molecule has 3 aromatic carbocycles. The second-order valence-electron chi connectivity index (χ2n) is 6.31. The van der Waals surface area contributed by atoms with Gasteiger partial charge in [0, 0.05) is 16.1 Å². The summed E-state index contributed by atoms with van der Waals surface area (Å²) in [5, 5.41) is 4.97. The molecule has 6 heteroatoms. The zero-order chi connectivity index (χ0) is 20.2. The third-order valence-electron chi connectivity index (χ3n) is 4.35. The average Bonchev–Trinajstić information content (AvgIpc) is 3.09. The zero-order valence-corrected chi connectivity index (χ0v) is 16.7. The van der Waals surface area contributed by atoms with Gasteiger partial charge in [0.05, 0.1) is 10.6 Å². The van der Waals surface area contributed by atoms with E-state index in [1.165, 1.54) is 0 Å². The molecule has 0 radical (unpaired) electrons. The Kier molecular flexibility index (Phi) is 5.65. The van der Waals surface area contributed by atoms with Gasteiger partial charge >= 0.3 is 5.97 Å². The molecule has 0 N–H and O–H groups in total. The van der Waals surface area contributed by atoms with Gasteiger partial charge in [-0.1, -0.05) is 83.0 Å². The highest BCUT2D eigenvalue weighted by Gasteiger charge is 2.26. The van der Waals surface area contributed by atoms with Crippen molar-refractivity contribution in [1.82, 2.24) is 0 Å². The summed E-state index contributed by atoms with van der Waals surface area (Å²) in [4.78, 5) is 17.0. The molecule has 3 aromatic rings. The van der Waals surface area contributed by atoms with Crippen molar-refractivity contribution >= 4 is 41.0 Å². The van der Waals surface area contributed by atoms with Gasteiger partial charge in [-0.3, -0.25) is 0 Å². The number of benzene rings is 3. The van der Waals surface area contributed by atoms with E-state index in [1.807, 2.05) is 60.7 Å². The topological polar surface area (TPSA) is 47.9 Å². The predicted molar refractivity (Wildman–Crippen MR) is 114 cm³/mol. The number of carbonyl (C=O) groups excluding carboxylic acids is 1. The van der Waals surface area contributed by atoms with E-state index in [0.717, 1.165) is 16.7 Å². The third kappa shape index (κ3) is 4.34. The fourth-order valence-electron chi connectivity index (χ4n) is 2.88. The molecule has 144 valence electrons. The Morgan fingerprint density at radius 2 is 1.69 bits per heavy atom. The van der Waals surface area contributed by atoms with Crippen LogP contribution in [0.1, 0.15) is 16.7 Å². The van der Waals surface area contributed by atoms with Gasteiger partial charge in [0.1, 0.15) is 18.1 Å². The summed E-state index contributed by atoms with van der Waals surface area (Å²) < 4.78 is 5.79. The van der Waals surface area contributed by atoms with Crippen molar-refractivity contribution in [2.45, 2.75) is 6.61 Å². The van der Waals surface area contributed by atoms with Gasteiger partial charge in [0.15, 0.2) is 0 Å². The SMILES string of the molecule is O=C1ON=C(c2ccccc2)/C1=C/c1ccc(OCc2ccccc2Cl)c(Cl)c1. The van der Waals surface area contributed by atoms with Crippen molar-refractivity contribution in [1.29, 1.82) is 0 Å². The van der Waals surface area contributed by atoms with Crippen molar-refractivity contribution < 1.29 is 14.4 Å². The maximum absolute atomic E-state index is 12.1. The highest BCUT2D eigenvalue weighted by molar-refractivity contribution is 6.33. The normalized spacial score (nSPS) is 14.6. The Labute approximate surface area is 178 Å². The number of hydrogen-bond donors (Lipinski definition) is 0. The average molecular weight is 424 g/mol. The maximum Gasteiger partial charge on any atom is 0.368 e. The molecule has 0 amide bonds. The van der Waals surface area contributed by atoms with E-state index < -0.39 is 5.97 Å². The van der Waals surface area contributed by atoms with Gasteiger partial charge in [-0.25, -0.2) is 4.79 Å². The Hall–Kier alpha value is -3.08. The number of hydrogen-bond acceptors (Lipinski definition) is 4. The van der Waals surface area contributed by atoms with Crippen molar-refractivity contribution in [3.63, 3.8) is 0 Å². The Bertz CT molecular complexity index is 1120. The van der Waals surface area contributed by atoms with Crippen molar-refractivity contribution in [2.24, 2.45) is 5.16 Å². The predicted octanol–water partition coefficient (Wildman–Crippen LogP) is 5.92. The molecule has 0 aliphatic carbocycles. The minimum absolute atomic E-state index is 0.303. The van der Waals surface area contributed by atoms with Crippen LogP contribution in [0.4, 0.5) is 0 Å². The summed E-state index contributed by atoms with van der Waals surface area (Å²) >= 11 is 12.5. The summed E-state index contributed by atoms with van der Waals surface area (Å²) in [6.07, 6.45) is 1.70. The van der Waals surface area contributed by atoms with E-state index in [9.17, 15) is 4.79 Å². The lowest BCUT2D eigenvalue weighted by Gasteiger charge is -2.10. The first kappa shape index (κ1) is 19.2. The maximum atomic E-state index is 12.1. The standard InChI is InChI=1S/C23H15Cl2NO3/c24-19-9-5-4-8-17(19)14-28-21-11-10-15(13-20(21)25)12-18-22(26-29-23(18)27)16-6-2-1-3-7-16/h1-13H,14H2/b18-12-. The van der Waals surface area contributed by atoms with Crippen LogP contribution in [0, 0.1) is 0 Å². The van der Waals surface area contributed by atoms with Crippen LogP contribution in [-0.4, -0.2) is 11.7 Å². The van der Waals surface area contributed by atoms with Gasteiger partial charge in [0.25, 0.3) is 0 Å². The van der Waals surface area contributed by atoms with Gasteiger partial charge in [-0.05, 0) is 29.8 Å². The second-order valence-corrected chi connectivity index (χ2v) is 7.13. The van der Waals surface area contributed by atoms with Crippen LogP contribution in [0.2, 0.25) is 10.0 Å². The highest BCUT2D eigenvalue weighted by atomic mass is 35.5. The smallest absolute Gasteiger partial charge is 0.368 e. The molecule has 1 aliphatic heterocycles. The van der Waals surface area contributed by atoms with E-state index in [-0.39, 0.29) is 0 Å². The van der Waals surface area contributed by atoms with Gasteiger partial charge in [0.2, 0.25) is 0 Å². The number of carbonyl (C=O) groups is 1. The monoisotopic (exact) mass is 423 g/mol.